The van der Waals surface area contributed by atoms with Gasteiger partial charge in [0.1, 0.15) is 0 Å². The number of nitrogens with zero attached hydrogens (tertiary/aromatic N) is 1. The quantitative estimate of drug-likeness (QED) is 0.779. The number of hydrogen-bond acceptors (Lipinski definition) is 3. The van der Waals surface area contributed by atoms with E-state index in [-0.39, 0.29) is 23.4 Å². The molecule has 1 heterocycles. The van der Waals surface area contributed by atoms with Gasteiger partial charge in [0.25, 0.3) is 5.91 Å². The molecule has 24 heavy (non-hydrogen) atoms. The monoisotopic (exact) mass is 341 g/mol. The van der Waals surface area contributed by atoms with Gasteiger partial charge in [0.2, 0.25) is 0 Å². The third-order valence-electron chi connectivity index (χ3n) is 4.01. The Bertz CT molecular complexity index is 796. The topological polar surface area (TPSA) is 95.1 Å². The first kappa shape index (κ1) is 16.3. The molecular formula is C15H14F3N3O3. The van der Waals surface area contributed by atoms with Gasteiger partial charge in [-0.15, -0.1) is 0 Å². The number of H-pyrrole nitrogens is 1. The SMILES string of the molecule is O=C(O)C[C@H](NC(=O)c1n[nH]c2ccc(C(F)(F)F)cc12)C1CC1. The molecule has 1 aliphatic carbocycles. The summed E-state index contributed by atoms with van der Waals surface area (Å²) in [5.41, 5.74) is -0.753. The Kier molecular flexibility index (Phi) is 3.94. The van der Waals surface area contributed by atoms with Crippen molar-refractivity contribution in [3.63, 3.8) is 0 Å². The Morgan fingerprint density at radius 2 is 2.08 bits per heavy atom. The minimum absolute atomic E-state index is 0.0483. The molecule has 1 aliphatic rings. The van der Waals surface area contributed by atoms with E-state index in [2.05, 4.69) is 15.5 Å². The molecule has 1 atom stereocenters. The number of fused-ring (bicyclic) bond motifs is 1. The van der Waals surface area contributed by atoms with Crippen molar-refractivity contribution < 1.29 is 27.9 Å². The van der Waals surface area contributed by atoms with Crippen molar-refractivity contribution in [2.45, 2.75) is 31.5 Å². The second-order valence-electron chi connectivity index (χ2n) is 5.85. The Hall–Kier alpha value is -2.58. The molecule has 1 amide bonds. The number of nitrogens with one attached hydrogen (secondary N) is 2. The highest BCUT2D eigenvalue weighted by atomic mass is 19.4. The highest BCUT2D eigenvalue weighted by molar-refractivity contribution is 6.05. The van der Waals surface area contributed by atoms with Crippen molar-refractivity contribution >= 4 is 22.8 Å². The Morgan fingerprint density at radius 3 is 2.67 bits per heavy atom. The fraction of sp³-hybridized carbons (Fsp3) is 0.400. The normalized spacial score (nSPS) is 16.1. The Morgan fingerprint density at radius 1 is 1.38 bits per heavy atom. The van der Waals surface area contributed by atoms with Gasteiger partial charge in [-0.05, 0) is 37.0 Å². The molecule has 1 fully saturated rings. The van der Waals surface area contributed by atoms with Crippen LogP contribution in [0, 0.1) is 5.92 Å². The van der Waals surface area contributed by atoms with Crippen molar-refractivity contribution in [2.75, 3.05) is 0 Å². The van der Waals surface area contributed by atoms with Crippen LogP contribution in [0.2, 0.25) is 0 Å². The number of aliphatic carboxylic acids is 1. The number of benzene rings is 1. The molecule has 0 unspecified atom stereocenters. The van der Waals surface area contributed by atoms with E-state index in [0.717, 1.165) is 25.0 Å². The van der Waals surface area contributed by atoms with Crippen LogP contribution in [-0.2, 0) is 11.0 Å². The van der Waals surface area contributed by atoms with Crippen LogP contribution < -0.4 is 5.32 Å². The summed E-state index contributed by atoms with van der Waals surface area (Å²) < 4.78 is 38.5. The van der Waals surface area contributed by atoms with Gasteiger partial charge in [0.05, 0.1) is 17.5 Å². The number of aromatic amines is 1. The van der Waals surface area contributed by atoms with Crippen LogP contribution in [0.1, 0.15) is 35.3 Å². The van der Waals surface area contributed by atoms with Crippen molar-refractivity contribution in [3.8, 4) is 0 Å². The minimum atomic E-state index is -4.53. The van der Waals surface area contributed by atoms with Gasteiger partial charge >= 0.3 is 12.1 Å². The molecule has 6 nitrogen and oxygen atoms in total. The first-order valence-electron chi connectivity index (χ1n) is 7.33. The van der Waals surface area contributed by atoms with Crippen LogP contribution in [0.25, 0.3) is 10.9 Å². The average molecular weight is 341 g/mol. The summed E-state index contributed by atoms with van der Waals surface area (Å²) in [6.07, 6.45) is -3.12. The largest absolute Gasteiger partial charge is 0.481 e. The minimum Gasteiger partial charge on any atom is -0.481 e. The number of carbonyl (C=O) groups excluding carboxylic acids is 1. The number of hydrogen-bond donors (Lipinski definition) is 3. The second kappa shape index (κ2) is 5.81. The van der Waals surface area contributed by atoms with Crippen LogP contribution >= 0.6 is 0 Å². The second-order valence-corrected chi connectivity index (χ2v) is 5.85. The molecule has 9 heteroatoms. The Labute approximate surface area is 134 Å². The van der Waals surface area contributed by atoms with Gasteiger partial charge in [-0.25, -0.2) is 0 Å². The van der Waals surface area contributed by atoms with Gasteiger partial charge in [0, 0.05) is 11.4 Å². The van der Waals surface area contributed by atoms with Gasteiger partial charge in [0.15, 0.2) is 5.69 Å². The maximum Gasteiger partial charge on any atom is 0.416 e. The lowest BCUT2D eigenvalue weighted by molar-refractivity contribution is -0.138. The lowest BCUT2D eigenvalue weighted by Gasteiger charge is -2.15. The van der Waals surface area contributed by atoms with Gasteiger partial charge in [-0.2, -0.15) is 18.3 Å². The Balaban J connectivity index is 1.87. The smallest absolute Gasteiger partial charge is 0.416 e. The fourth-order valence-corrected chi connectivity index (χ4v) is 2.62. The molecule has 0 radical (unpaired) electrons. The summed E-state index contributed by atoms with van der Waals surface area (Å²) >= 11 is 0. The number of halogens is 3. The number of rotatable bonds is 5. The molecule has 0 bridgehead atoms. The van der Waals surface area contributed by atoms with Crippen LogP contribution in [0.5, 0.6) is 0 Å². The first-order valence-corrected chi connectivity index (χ1v) is 7.33. The average Bonchev–Trinajstić information content (AvgIpc) is 3.24. The van der Waals surface area contributed by atoms with Crippen molar-refractivity contribution in [1.29, 1.82) is 0 Å². The van der Waals surface area contributed by atoms with Crippen molar-refractivity contribution in [2.24, 2.45) is 5.92 Å². The molecule has 1 saturated carbocycles. The number of carboxylic acids is 1. The van der Waals surface area contributed by atoms with E-state index < -0.39 is 29.7 Å². The van der Waals surface area contributed by atoms with E-state index in [9.17, 15) is 22.8 Å². The number of aromatic nitrogens is 2. The lowest BCUT2D eigenvalue weighted by atomic mass is 10.1. The standard InChI is InChI=1S/C15H14F3N3O3/c16-15(17,18)8-3-4-10-9(5-8)13(21-20-10)14(24)19-11(6-12(22)23)7-1-2-7/h3-5,7,11H,1-2,6H2,(H,19,24)(H,20,21)(H,22,23)/t11-/m0/s1. The molecule has 1 aromatic carbocycles. The third-order valence-corrected chi connectivity index (χ3v) is 4.01. The van der Waals surface area contributed by atoms with Crippen molar-refractivity contribution in [1.82, 2.24) is 15.5 Å². The summed E-state index contributed by atoms with van der Waals surface area (Å²) in [6.45, 7) is 0. The maximum absolute atomic E-state index is 12.8. The van der Waals surface area contributed by atoms with E-state index in [1.165, 1.54) is 6.07 Å². The molecule has 3 N–H and O–H groups in total. The zero-order valence-corrected chi connectivity index (χ0v) is 12.4. The maximum atomic E-state index is 12.8. The first-order chi connectivity index (χ1) is 11.3. The van der Waals surface area contributed by atoms with Gasteiger partial charge in [-0.1, -0.05) is 0 Å². The highest BCUT2D eigenvalue weighted by Crippen LogP contribution is 2.35. The van der Waals surface area contributed by atoms with E-state index in [1.807, 2.05) is 0 Å². The van der Waals surface area contributed by atoms with E-state index in [4.69, 9.17) is 5.11 Å². The van der Waals surface area contributed by atoms with E-state index in [0.29, 0.717) is 5.52 Å². The van der Waals surface area contributed by atoms with Crippen LogP contribution in [0.3, 0.4) is 0 Å². The lowest BCUT2D eigenvalue weighted by Crippen LogP contribution is -2.38. The predicted octanol–water partition coefficient (Wildman–Crippen LogP) is 2.56. The zero-order chi connectivity index (χ0) is 17.5. The third kappa shape index (κ3) is 3.34. The predicted molar refractivity (Wildman–Crippen MR) is 77.3 cm³/mol. The van der Waals surface area contributed by atoms with E-state index in [1.54, 1.807) is 0 Å². The summed E-state index contributed by atoms with van der Waals surface area (Å²) in [4.78, 5) is 23.2. The van der Waals surface area contributed by atoms with Crippen LogP contribution in [-0.4, -0.2) is 33.2 Å². The molecule has 0 aliphatic heterocycles. The van der Waals surface area contributed by atoms with Crippen molar-refractivity contribution in [3.05, 3.63) is 29.5 Å². The summed E-state index contributed by atoms with van der Waals surface area (Å²) in [6, 6.07) is 2.42. The molecule has 1 aromatic heterocycles. The number of alkyl halides is 3. The summed E-state index contributed by atoms with van der Waals surface area (Å²) in [5.74, 6) is -1.64. The molecular weight excluding hydrogens is 327 g/mol. The number of carbonyl (C=O) groups is 2. The van der Waals surface area contributed by atoms with E-state index >= 15 is 0 Å². The highest BCUT2D eigenvalue weighted by Gasteiger charge is 2.35. The summed E-state index contributed by atoms with van der Waals surface area (Å²) in [7, 11) is 0. The van der Waals surface area contributed by atoms with Gasteiger partial charge < -0.3 is 10.4 Å². The molecule has 0 spiro atoms. The molecule has 128 valence electrons. The number of amides is 1. The number of carboxylic acid groups (broad SMARTS) is 1. The zero-order valence-electron chi connectivity index (χ0n) is 12.4. The fourth-order valence-electron chi connectivity index (χ4n) is 2.62. The van der Waals surface area contributed by atoms with Gasteiger partial charge in [-0.3, -0.25) is 14.7 Å². The summed E-state index contributed by atoms with van der Waals surface area (Å²) in [5, 5.41) is 17.8. The molecule has 3 rings (SSSR count). The van der Waals surface area contributed by atoms with Crippen LogP contribution in [0.4, 0.5) is 13.2 Å². The molecule has 2 aromatic rings. The molecule has 0 saturated heterocycles. The van der Waals surface area contributed by atoms with Crippen LogP contribution in [0.15, 0.2) is 18.2 Å².